The summed E-state index contributed by atoms with van der Waals surface area (Å²) in [6.07, 6.45) is 3.02. The van der Waals surface area contributed by atoms with Crippen LogP contribution in [-0.2, 0) is 0 Å². The molecule has 0 aromatic heterocycles. The van der Waals surface area contributed by atoms with Gasteiger partial charge in [0.1, 0.15) is 29.8 Å². The van der Waals surface area contributed by atoms with Crippen molar-refractivity contribution in [1.82, 2.24) is 0 Å². The van der Waals surface area contributed by atoms with E-state index in [2.05, 4.69) is 12.1 Å². The molecule has 0 saturated carbocycles. The fourth-order valence-electron chi connectivity index (χ4n) is 2.22. The summed E-state index contributed by atoms with van der Waals surface area (Å²) >= 11 is 0. The molecule has 0 bridgehead atoms. The minimum atomic E-state index is 0.718. The topological polar surface area (TPSA) is 27.7 Å². The largest absolute Gasteiger partial charge is 0.497 e. The van der Waals surface area contributed by atoms with E-state index in [0.717, 1.165) is 22.8 Å². The predicted molar refractivity (Wildman–Crippen MR) is 95.3 cm³/mol. The van der Waals surface area contributed by atoms with Crippen molar-refractivity contribution in [2.45, 2.75) is 0 Å². The van der Waals surface area contributed by atoms with Crippen LogP contribution in [0.2, 0.25) is 0 Å². The van der Waals surface area contributed by atoms with Crippen LogP contribution < -0.4 is 14.2 Å². The Balaban J connectivity index is 1.54. The van der Waals surface area contributed by atoms with Crippen molar-refractivity contribution in [2.24, 2.45) is 0 Å². The summed E-state index contributed by atoms with van der Waals surface area (Å²) in [4.78, 5) is 0. The van der Waals surface area contributed by atoms with Crippen LogP contribution in [-0.4, -0.2) is 7.11 Å². The van der Waals surface area contributed by atoms with Gasteiger partial charge in [0.05, 0.1) is 7.11 Å². The lowest BCUT2D eigenvalue weighted by molar-refractivity contribution is 0.409. The van der Waals surface area contributed by atoms with Crippen LogP contribution in [0.4, 0.5) is 0 Å². The average Bonchev–Trinajstić information content (AvgIpc) is 2.67. The van der Waals surface area contributed by atoms with Gasteiger partial charge in [-0.15, -0.1) is 0 Å². The fraction of sp³-hybridized carbons (Fsp3) is 0.0476. The summed E-state index contributed by atoms with van der Waals surface area (Å²) in [5.41, 5.74) is 2.34. The molecular formula is C21H18O3. The molecule has 0 amide bonds. The number of hydrogen-bond donors (Lipinski definition) is 0. The second-order valence-electron chi connectivity index (χ2n) is 5.07. The van der Waals surface area contributed by atoms with E-state index in [9.17, 15) is 0 Å². The summed E-state index contributed by atoms with van der Waals surface area (Å²) in [5, 5.41) is 0. The van der Waals surface area contributed by atoms with Crippen molar-refractivity contribution in [1.29, 1.82) is 0 Å². The zero-order chi connectivity index (χ0) is 16.6. The molecule has 0 aliphatic rings. The minimum Gasteiger partial charge on any atom is -0.497 e. The number of ether oxygens (including phenoxy) is 3. The van der Waals surface area contributed by atoms with E-state index in [0.29, 0.717) is 0 Å². The maximum atomic E-state index is 5.53. The van der Waals surface area contributed by atoms with E-state index in [1.54, 1.807) is 7.11 Å². The van der Waals surface area contributed by atoms with E-state index >= 15 is 0 Å². The lowest BCUT2D eigenvalue weighted by Crippen LogP contribution is -1.87. The van der Waals surface area contributed by atoms with E-state index < -0.39 is 0 Å². The number of hydrogen-bond acceptors (Lipinski definition) is 3. The predicted octanol–water partition coefficient (Wildman–Crippen LogP) is 5.29. The smallest absolute Gasteiger partial charge is 0.126 e. The molecule has 120 valence electrons. The van der Waals surface area contributed by atoms with Crippen molar-refractivity contribution in [3.63, 3.8) is 0 Å². The Kier molecular flexibility index (Phi) is 5.15. The summed E-state index contributed by atoms with van der Waals surface area (Å²) < 4.78 is 16.1. The van der Waals surface area contributed by atoms with Crippen LogP contribution in [0.15, 0.2) is 91.4 Å². The third-order valence-corrected chi connectivity index (χ3v) is 3.48. The fourth-order valence-corrected chi connectivity index (χ4v) is 2.22. The van der Waals surface area contributed by atoms with Gasteiger partial charge in [0.15, 0.2) is 0 Å². The quantitative estimate of drug-likeness (QED) is 0.578. The summed E-state index contributed by atoms with van der Waals surface area (Å²) in [7, 11) is 1.63. The van der Waals surface area contributed by atoms with Crippen molar-refractivity contribution < 1.29 is 14.2 Å². The highest BCUT2D eigenvalue weighted by Crippen LogP contribution is 2.22. The van der Waals surface area contributed by atoms with Gasteiger partial charge in [0.25, 0.3) is 0 Å². The molecule has 3 rings (SSSR count). The number of benzene rings is 3. The molecule has 0 unspecified atom stereocenters. The highest BCUT2D eigenvalue weighted by Gasteiger charge is 1.97. The second kappa shape index (κ2) is 7.88. The molecule has 0 spiro atoms. The first-order valence-corrected chi connectivity index (χ1v) is 7.63. The summed E-state index contributed by atoms with van der Waals surface area (Å²) in [6, 6.07) is 25.5. The minimum absolute atomic E-state index is 0.718. The Bertz CT molecular complexity index is 776. The molecular weight excluding hydrogens is 300 g/mol. The highest BCUT2D eigenvalue weighted by molar-refractivity contribution is 5.63. The van der Waals surface area contributed by atoms with Gasteiger partial charge in [-0.1, -0.05) is 42.5 Å². The molecule has 0 fully saturated rings. The molecule has 0 aliphatic heterocycles. The molecule has 24 heavy (non-hydrogen) atoms. The monoisotopic (exact) mass is 318 g/mol. The third kappa shape index (κ3) is 4.17. The first-order valence-electron chi connectivity index (χ1n) is 7.63. The van der Waals surface area contributed by atoms with Crippen molar-refractivity contribution in [2.75, 3.05) is 7.11 Å². The third-order valence-electron chi connectivity index (χ3n) is 3.48. The second-order valence-corrected chi connectivity index (χ2v) is 5.07. The van der Waals surface area contributed by atoms with Crippen LogP contribution in [0.3, 0.4) is 0 Å². The van der Waals surface area contributed by atoms with Crippen LogP contribution in [0, 0.1) is 0 Å². The average molecular weight is 318 g/mol. The zero-order valence-electron chi connectivity index (χ0n) is 13.4. The first-order chi connectivity index (χ1) is 11.8. The number of methoxy groups -OCH3 is 1. The van der Waals surface area contributed by atoms with Crippen molar-refractivity contribution in [3.05, 3.63) is 91.4 Å². The van der Waals surface area contributed by atoms with Crippen LogP contribution in [0.25, 0.3) is 11.1 Å². The van der Waals surface area contributed by atoms with Gasteiger partial charge in [-0.05, 0) is 47.5 Å². The van der Waals surface area contributed by atoms with Crippen LogP contribution >= 0.6 is 0 Å². The van der Waals surface area contributed by atoms with Crippen LogP contribution in [0.5, 0.6) is 17.2 Å². The Morgan fingerprint density at radius 1 is 0.542 bits per heavy atom. The van der Waals surface area contributed by atoms with E-state index in [1.165, 1.54) is 18.1 Å². The molecule has 0 atom stereocenters. The van der Waals surface area contributed by atoms with Crippen molar-refractivity contribution in [3.8, 4) is 28.4 Å². The maximum absolute atomic E-state index is 5.53. The molecule has 0 heterocycles. The molecule has 3 nitrogen and oxygen atoms in total. The molecule has 0 N–H and O–H groups in total. The van der Waals surface area contributed by atoms with E-state index in [4.69, 9.17) is 14.2 Å². The molecule has 0 saturated heterocycles. The molecule has 0 aliphatic carbocycles. The molecule has 3 aromatic rings. The number of rotatable bonds is 6. The van der Waals surface area contributed by atoms with Gasteiger partial charge in [0, 0.05) is 0 Å². The van der Waals surface area contributed by atoms with Gasteiger partial charge >= 0.3 is 0 Å². The van der Waals surface area contributed by atoms with Crippen LogP contribution in [0.1, 0.15) is 0 Å². The molecule has 3 aromatic carbocycles. The van der Waals surface area contributed by atoms with Crippen molar-refractivity contribution >= 4 is 0 Å². The zero-order valence-corrected chi connectivity index (χ0v) is 13.4. The SMILES string of the molecule is COc1ccc(OC=COc2ccc(-c3ccccc3)cc2)cc1. The Hall–Kier alpha value is -3.20. The van der Waals surface area contributed by atoms with Gasteiger partial charge < -0.3 is 14.2 Å². The van der Waals surface area contributed by atoms with E-state index in [1.807, 2.05) is 66.7 Å². The lowest BCUT2D eigenvalue weighted by atomic mass is 10.1. The normalized spacial score (nSPS) is 10.5. The summed E-state index contributed by atoms with van der Waals surface area (Å²) in [6.45, 7) is 0. The molecule has 0 radical (unpaired) electrons. The Morgan fingerprint density at radius 3 is 1.54 bits per heavy atom. The molecule has 3 heteroatoms. The van der Waals surface area contributed by atoms with Gasteiger partial charge in [-0.3, -0.25) is 0 Å². The Morgan fingerprint density at radius 2 is 1.00 bits per heavy atom. The lowest BCUT2D eigenvalue weighted by Gasteiger charge is -2.04. The summed E-state index contributed by atoms with van der Waals surface area (Å²) in [5.74, 6) is 2.26. The highest BCUT2D eigenvalue weighted by atomic mass is 16.5. The van der Waals surface area contributed by atoms with Gasteiger partial charge in [-0.2, -0.15) is 0 Å². The maximum Gasteiger partial charge on any atom is 0.126 e. The van der Waals surface area contributed by atoms with Gasteiger partial charge in [0.2, 0.25) is 0 Å². The van der Waals surface area contributed by atoms with Gasteiger partial charge in [-0.25, -0.2) is 0 Å². The first kappa shape index (κ1) is 15.7. The standard InChI is InChI=1S/C21H18O3/c1-22-19-11-13-21(14-12-19)24-16-15-23-20-9-7-18(8-10-20)17-5-3-2-4-6-17/h2-16H,1H3. The Labute approximate surface area is 141 Å². The van der Waals surface area contributed by atoms with E-state index in [-0.39, 0.29) is 0 Å².